The summed E-state index contributed by atoms with van der Waals surface area (Å²) in [5.41, 5.74) is 12.3. The smallest absolute Gasteiger partial charge is 0.267 e. The first-order valence-electron chi connectivity index (χ1n) is 5.85. The van der Waals surface area contributed by atoms with Gasteiger partial charge in [-0.05, 0) is 26.0 Å². The Kier molecular flexibility index (Phi) is 3.37. The summed E-state index contributed by atoms with van der Waals surface area (Å²) in [5, 5.41) is 7.21. The minimum absolute atomic E-state index is 0.160. The molecule has 0 fully saturated rings. The molecule has 2 heterocycles. The van der Waals surface area contributed by atoms with Crippen LogP contribution in [-0.2, 0) is 0 Å². The first-order chi connectivity index (χ1) is 8.97. The van der Waals surface area contributed by atoms with E-state index in [1.807, 2.05) is 20.0 Å². The SMILES string of the molecule is CC(C)n1cc(Nc2nc(C(N)=O)ccc2N)cn1. The van der Waals surface area contributed by atoms with Gasteiger partial charge in [-0.25, -0.2) is 4.98 Å². The largest absolute Gasteiger partial charge is 0.396 e. The molecule has 7 nitrogen and oxygen atoms in total. The molecule has 2 aromatic heterocycles. The van der Waals surface area contributed by atoms with E-state index in [0.717, 1.165) is 5.69 Å². The summed E-state index contributed by atoms with van der Waals surface area (Å²) in [6, 6.07) is 3.33. The van der Waals surface area contributed by atoms with E-state index in [4.69, 9.17) is 11.5 Å². The molecule has 2 rings (SSSR count). The van der Waals surface area contributed by atoms with Crippen molar-refractivity contribution in [3.8, 4) is 0 Å². The van der Waals surface area contributed by atoms with Gasteiger partial charge in [0.05, 0.1) is 17.6 Å². The molecule has 0 unspecified atom stereocenters. The Bertz CT molecular complexity index is 604. The summed E-state index contributed by atoms with van der Waals surface area (Å²) in [6.07, 6.45) is 3.50. The summed E-state index contributed by atoms with van der Waals surface area (Å²) >= 11 is 0. The Morgan fingerprint density at radius 1 is 1.42 bits per heavy atom. The molecule has 2 aromatic rings. The molecule has 0 radical (unpaired) electrons. The van der Waals surface area contributed by atoms with E-state index >= 15 is 0 Å². The van der Waals surface area contributed by atoms with Gasteiger partial charge in [0.25, 0.3) is 5.91 Å². The standard InChI is InChI=1S/C12H16N6O/c1-7(2)18-6-8(5-15-18)16-12-9(13)3-4-10(17-12)11(14)19/h3-7H,13H2,1-2H3,(H2,14,19)(H,16,17). The van der Waals surface area contributed by atoms with Gasteiger partial charge in [-0.2, -0.15) is 5.10 Å². The van der Waals surface area contributed by atoms with Gasteiger partial charge in [-0.15, -0.1) is 0 Å². The average Bonchev–Trinajstić information content (AvgIpc) is 2.80. The molecule has 0 aliphatic heterocycles. The highest BCUT2D eigenvalue weighted by Gasteiger charge is 2.09. The van der Waals surface area contributed by atoms with Crippen molar-refractivity contribution in [1.82, 2.24) is 14.8 Å². The Morgan fingerprint density at radius 2 is 2.16 bits per heavy atom. The molecule has 0 aliphatic rings. The number of rotatable bonds is 4. The minimum Gasteiger partial charge on any atom is -0.396 e. The summed E-state index contributed by atoms with van der Waals surface area (Å²) in [6.45, 7) is 4.05. The van der Waals surface area contributed by atoms with Gasteiger partial charge in [0.15, 0.2) is 5.82 Å². The zero-order chi connectivity index (χ0) is 14.0. The number of amides is 1. The van der Waals surface area contributed by atoms with Crippen LogP contribution in [0.25, 0.3) is 0 Å². The van der Waals surface area contributed by atoms with Gasteiger partial charge in [0, 0.05) is 12.2 Å². The molecule has 1 amide bonds. The summed E-state index contributed by atoms with van der Waals surface area (Å²) in [4.78, 5) is 15.2. The zero-order valence-corrected chi connectivity index (χ0v) is 10.8. The van der Waals surface area contributed by atoms with E-state index in [-0.39, 0.29) is 11.7 Å². The van der Waals surface area contributed by atoms with Crippen LogP contribution in [0.4, 0.5) is 17.2 Å². The van der Waals surface area contributed by atoms with Crippen molar-refractivity contribution in [3.05, 3.63) is 30.2 Å². The maximum absolute atomic E-state index is 11.1. The molecule has 0 aromatic carbocycles. The van der Waals surface area contributed by atoms with E-state index in [2.05, 4.69) is 15.4 Å². The van der Waals surface area contributed by atoms with E-state index in [0.29, 0.717) is 11.5 Å². The van der Waals surface area contributed by atoms with E-state index in [9.17, 15) is 4.79 Å². The van der Waals surface area contributed by atoms with Crippen LogP contribution in [-0.4, -0.2) is 20.7 Å². The fourth-order valence-corrected chi connectivity index (χ4v) is 1.53. The Balaban J connectivity index is 2.26. The van der Waals surface area contributed by atoms with Crippen LogP contribution in [0.1, 0.15) is 30.4 Å². The maximum Gasteiger partial charge on any atom is 0.267 e. The van der Waals surface area contributed by atoms with Crippen molar-refractivity contribution in [2.45, 2.75) is 19.9 Å². The fourth-order valence-electron chi connectivity index (χ4n) is 1.53. The number of nitrogens with zero attached hydrogens (tertiary/aromatic N) is 3. The van der Waals surface area contributed by atoms with Crippen molar-refractivity contribution in [2.75, 3.05) is 11.1 Å². The van der Waals surface area contributed by atoms with E-state index in [1.54, 1.807) is 16.9 Å². The van der Waals surface area contributed by atoms with Crippen molar-refractivity contribution >= 4 is 23.1 Å². The van der Waals surface area contributed by atoms with Crippen molar-refractivity contribution in [3.63, 3.8) is 0 Å². The van der Waals surface area contributed by atoms with Crippen LogP contribution in [0, 0.1) is 0 Å². The minimum atomic E-state index is -0.596. The van der Waals surface area contributed by atoms with Crippen LogP contribution >= 0.6 is 0 Å². The fraction of sp³-hybridized carbons (Fsp3) is 0.250. The lowest BCUT2D eigenvalue weighted by Crippen LogP contribution is -2.14. The highest BCUT2D eigenvalue weighted by Crippen LogP contribution is 2.21. The third kappa shape index (κ3) is 2.82. The topological polar surface area (TPSA) is 112 Å². The Labute approximate surface area is 110 Å². The summed E-state index contributed by atoms with van der Waals surface area (Å²) < 4.78 is 1.80. The number of carbonyl (C=O) groups is 1. The predicted molar refractivity (Wildman–Crippen MR) is 73.1 cm³/mol. The van der Waals surface area contributed by atoms with Crippen molar-refractivity contribution in [2.24, 2.45) is 5.73 Å². The second-order valence-corrected chi connectivity index (χ2v) is 4.43. The molecule has 0 atom stereocenters. The maximum atomic E-state index is 11.1. The molecule has 0 saturated carbocycles. The quantitative estimate of drug-likeness (QED) is 0.766. The van der Waals surface area contributed by atoms with E-state index in [1.165, 1.54) is 6.07 Å². The molecular formula is C12H16N6O. The number of hydrogen-bond acceptors (Lipinski definition) is 5. The zero-order valence-electron chi connectivity index (χ0n) is 10.8. The highest BCUT2D eigenvalue weighted by atomic mass is 16.1. The summed E-state index contributed by atoms with van der Waals surface area (Å²) in [7, 11) is 0. The third-order valence-electron chi connectivity index (χ3n) is 2.57. The van der Waals surface area contributed by atoms with E-state index < -0.39 is 5.91 Å². The molecule has 0 saturated heterocycles. The number of pyridine rings is 1. The number of nitrogen functional groups attached to an aromatic ring is 1. The molecule has 0 spiro atoms. The second kappa shape index (κ2) is 4.97. The van der Waals surface area contributed by atoms with Crippen LogP contribution in [0.15, 0.2) is 24.5 Å². The summed E-state index contributed by atoms with van der Waals surface area (Å²) in [5.74, 6) is -0.208. The second-order valence-electron chi connectivity index (χ2n) is 4.43. The lowest BCUT2D eigenvalue weighted by Gasteiger charge is -2.07. The van der Waals surface area contributed by atoms with Gasteiger partial charge >= 0.3 is 0 Å². The van der Waals surface area contributed by atoms with Gasteiger partial charge < -0.3 is 16.8 Å². The molecule has 5 N–H and O–H groups in total. The van der Waals surface area contributed by atoms with Crippen LogP contribution < -0.4 is 16.8 Å². The van der Waals surface area contributed by atoms with Crippen molar-refractivity contribution in [1.29, 1.82) is 0 Å². The Hall–Kier alpha value is -2.57. The normalized spacial score (nSPS) is 10.7. The molecule has 7 heteroatoms. The Morgan fingerprint density at radius 3 is 2.74 bits per heavy atom. The van der Waals surface area contributed by atoms with Gasteiger partial charge in [0.2, 0.25) is 0 Å². The number of anilines is 3. The van der Waals surface area contributed by atoms with Crippen LogP contribution in [0.5, 0.6) is 0 Å². The predicted octanol–water partition coefficient (Wildman–Crippen LogP) is 1.28. The highest BCUT2D eigenvalue weighted by molar-refractivity contribution is 5.92. The molecule has 100 valence electrons. The number of carbonyl (C=O) groups excluding carboxylic acids is 1. The molecule has 19 heavy (non-hydrogen) atoms. The first kappa shape index (κ1) is 12.9. The number of hydrogen-bond donors (Lipinski definition) is 3. The van der Waals surface area contributed by atoms with Crippen molar-refractivity contribution < 1.29 is 4.79 Å². The molecule has 0 aliphatic carbocycles. The van der Waals surface area contributed by atoms with Crippen LogP contribution in [0.3, 0.4) is 0 Å². The monoisotopic (exact) mass is 260 g/mol. The number of nitrogens with two attached hydrogens (primary N) is 2. The number of aromatic nitrogens is 3. The number of nitrogens with one attached hydrogen (secondary N) is 1. The average molecular weight is 260 g/mol. The molecular weight excluding hydrogens is 244 g/mol. The lowest BCUT2D eigenvalue weighted by molar-refractivity contribution is 0.0996. The third-order valence-corrected chi connectivity index (χ3v) is 2.57. The van der Waals surface area contributed by atoms with Gasteiger partial charge in [0.1, 0.15) is 5.69 Å². The van der Waals surface area contributed by atoms with Gasteiger partial charge in [-0.1, -0.05) is 0 Å². The number of primary amides is 1. The lowest BCUT2D eigenvalue weighted by atomic mass is 10.3. The van der Waals surface area contributed by atoms with Gasteiger partial charge in [-0.3, -0.25) is 9.48 Å². The first-order valence-corrected chi connectivity index (χ1v) is 5.85. The molecule has 0 bridgehead atoms. The van der Waals surface area contributed by atoms with Crippen LogP contribution in [0.2, 0.25) is 0 Å².